The largest absolute Gasteiger partial charge is 0.311 e. The number of aromatic nitrogens is 3. The number of benzene rings is 2. The van der Waals surface area contributed by atoms with E-state index in [1.54, 1.807) is 0 Å². The third-order valence-electron chi connectivity index (χ3n) is 6.39. The number of hydrogen-bond donors (Lipinski definition) is 0. The second-order valence-corrected chi connectivity index (χ2v) is 9.38. The van der Waals surface area contributed by atoms with Gasteiger partial charge in [-0.25, -0.2) is 0 Å². The van der Waals surface area contributed by atoms with Gasteiger partial charge in [0, 0.05) is 24.7 Å². The number of fused-ring (bicyclic) bond motifs is 1. The molecule has 1 fully saturated rings. The smallest absolute Gasteiger partial charge is 0.237 e. The summed E-state index contributed by atoms with van der Waals surface area (Å²) in [7, 11) is 0. The Hall–Kier alpha value is -2.60. The highest BCUT2D eigenvalue weighted by molar-refractivity contribution is 7.99. The number of thioether (sulfide) groups is 1. The topological polar surface area (TPSA) is 51.0 Å². The molecule has 5 rings (SSSR count). The zero-order valence-electron chi connectivity index (χ0n) is 17.7. The molecule has 2 heterocycles. The van der Waals surface area contributed by atoms with Gasteiger partial charge in [0.05, 0.1) is 5.75 Å². The fraction of sp³-hybridized carbons (Fsp3) is 0.400. The SMILES string of the molecule is O=C(CSc1nnc(Cc2ccccc2)n1C1CCCCC1)N1CCc2ccccc21. The van der Waals surface area contributed by atoms with Crippen LogP contribution in [0.4, 0.5) is 5.69 Å². The van der Waals surface area contributed by atoms with Crippen molar-refractivity contribution in [3.8, 4) is 0 Å². The van der Waals surface area contributed by atoms with Crippen molar-refractivity contribution < 1.29 is 4.79 Å². The molecule has 2 aromatic carbocycles. The van der Waals surface area contributed by atoms with Gasteiger partial charge in [-0.3, -0.25) is 4.79 Å². The number of amides is 1. The third-order valence-corrected chi connectivity index (χ3v) is 7.32. The van der Waals surface area contributed by atoms with Crippen LogP contribution in [0.5, 0.6) is 0 Å². The number of hydrogen-bond acceptors (Lipinski definition) is 4. The van der Waals surface area contributed by atoms with E-state index in [1.807, 2.05) is 29.2 Å². The van der Waals surface area contributed by atoms with Crippen LogP contribution in [-0.2, 0) is 17.6 Å². The summed E-state index contributed by atoms with van der Waals surface area (Å²) in [4.78, 5) is 14.9. The minimum atomic E-state index is 0.151. The van der Waals surface area contributed by atoms with Crippen LogP contribution in [0.15, 0.2) is 59.8 Å². The highest BCUT2D eigenvalue weighted by atomic mass is 32.2. The number of para-hydroxylation sites is 1. The standard InChI is InChI=1S/C25H28N4OS/c30-24(28-16-15-20-11-7-8-14-22(20)28)18-31-25-27-26-23(17-19-9-3-1-4-10-19)29(25)21-12-5-2-6-13-21/h1,3-4,7-11,14,21H,2,5-6,12-13,15-18H2. The van der Waals surface area contributed by atoms with Crippen molar-refractivity contribution in [1.82, 2.24) is 14.8 Å². The minimum absolute atomic E-state index is 0.151. The number of carbonyl (C=O) groups is 1. The van der Waals surface area contributed by atoms with Crippen LogP contribution in [0.3, 0.4) is 0 Å². The van der Waals surface area contributed by atoms with E-state index in [4.69, 9.17) is 0 Å². The Kier molecular flexibility index (Phi) is 6.07. The maximum atomic E-state index is 13.0. The van der Waals surface area contributed by atoms with Gasteiger partial charge in [0.25, 0.3) is 0 Å². The molecule has 0 saturated heterocycles. The molecule has 1 aliphatic carbocycles. The molecule has 1 aliphatic heterocycles. The Balaban J connectivity index is 1.34. The highest BCUT2D eigenvalue weighted by Crippen LogP contribution is 2.34. The van der Waals surface area contributed by atoms with Crippen molar-refractivity contribution in [2.75, 3.05) is 17.2 Å². The Bertz CT molecular complexity index is 1040. The van der Waals surface area contributed by atoms with Gasteiger partial charge in [-0.1, -0.05) is 79.6 Å². The second kappa shape index (κ2) is 9.27. The van der Waals surface area contributed by atoms with E-state index < -0.39 is 0 Å². The molecule has 0 atom stereocenters. The Morgan fingerprint density at radius 3 is 2.58 bits per heavy atom. The quantitative estimate of drug-likeness (QED) is 0.511. The van der Waals surface area contributed by atoms with Crippen LogP contribution in [0.25, 0.3) is 0 Å². The first-order valence-electron chi connectivity index (χ1n) is 11.3. The van der Waals surface area contributed by atoms with Crippen molar-refractivity contribution in [3.05, 3.63) is 71.5 Å². The van der Waals surface area contributed by atoms with Gasteiger partial charge in [0.2, 0.25) is 5.91 Å². The molecule has 5 nitrogen and oxygen atoms in total. The van der Waals surface area contributed by atoms with Gasteiger partial charge < -0.3 is 9.47 Å². The summed E-state index contributed by atoms with van der Waals surface area (Å²) in [5.74, 6) is 1.56. The van der Waals surface area contributed by atoms with E-state index in [9.17, 15) is 4.79 Å². The molecule has 160 valence electrons. The maximum absolute atomic E-state index is 13.0. The maximum Gasteiger partial charge on any atom is 0.237 e. The summed E-state index contributed by atoms with van der Waals surface area (Å²) in [6.07, 6.45) is 7.86. The monoisotopic (exact) mass is 432 g/mol. The summed E-state index contributed by atoms with van der Waals surface area (Å²) in [5, 5.41) is 9.99. The summed E-state index contributed by atoms with van der Waals surface area (Å²) < 4.78 is 2.34. The number of carbonyl (C=O) groups excluding carboxylic acids is 1. The van der Waals surface area contributed by atoms with Gasteiger partial charge in [0.1, 0.15) is 5.82 Å². The molecule has 1 amide bonds. The minimum Gasteiger partial charge on any atom is -0.311 e. The molecule has 1 saturated carbocycles. The van der Waals surface area contributed by atoms with Crippen molar-refractivity contribution in [3.63, 3.8) is 0 Å². The number of rotatable bonds is 6. The van der Waals surface area contributed by atoms with E-state index in [0.29, 0.717) is 11.8 Å². The summed E-state index contributed by atoms with van der Waals surface area (Å²) in [6, 6.07) is 19.1. The molecule has 1 aromatic heterocycles. The van der Waals surface area contributed by atoms with Crippen molar-refractivity contribution in [1.29, 1.82) is 0 Å². The van der Waals surface area contributed by atoms with Crippen LogP contribution in [0.2, 0.25) is 0 Å². The normalized spacial score (nSPS) is 16.5. The molecule has 0 radical (unpaired) electrons. The van der Waals surface area contributed by atoms with Gasteiger partial charge in [-0.15, -0.1) is 10.2 Å². The molecule has 0 N–H and O–H groups in total. The predicted octanol–water partition coefficient (Wildman–Crippen LogP) is 5.06. The van der Waals surface area contributed by atoms with Crippen molar-refractivity contribution in [2.45, 2.75) is 56.1 Å². The van der Waals surface area contributed by atoms with Crippen LogP contribution < -0.4 is 4.90 Å². The Morgan fingerprint density at radius 2 is 1.74 bits per heavy atom. The zero-order valence-corrected chi connectivity index (χ0v) is 18.6. The average molecular weight is 433 g/mol. The highest BCUT2D eigenvalue weighted by Gasteiger charge is 2.27. The first kappa shape index (κ1) is 20.3. The lowest BCUT2D eigenvalue weighted by Gasteiger charge is -2.26. The lowest BCUT2D eigenvalue weighted by Crippen LogP contribution is -2.30. The van der Waals surface area contributed by atoms with E-state index >= 15 is 0 Å². The average Bonchev–Trinajstić information content (AvgIpc) is 3.43. The van der Waals surface area contributed by atoms with E-state index in [-0.39, 0.29) is 5.91 Å². The molecule has 3 aromatic rings. The summed E-state index contributed by atoms with van der Waals surface area (Å²) in [5.41, 5.74) is 3.57. The molecular formula is C25H28N4OS. The molecule has 0 bridgehead atoms. The van der Waals surface area contributed by atoms with Gasteiger partial charge >= 0.3 is 0 Å². The lowest BCUT2D eigenvalue weighted by atomic mass is 9.95. The molecular weight excluding hydrogens is 404 g/mol. The molecule has 6 heteroatoms. The van der Waals surface area contributed by atoms with Crippen LogP contribution in [0.1, 0.15) is 55.1 Å². The number of anilines is 1. The second-order valence-electron chi connectivity index (χ2n) is 8.44. The Morgan fingerprint density at radius 1 is 0.968 bits per heavy atom. The van der Waals surface area contributed by atoms with Gasteiger partial charge in [-0.05, 0) is 36.5 Å². The molecule has 0 spiro atoms. The summed E-state index contributed by atoms with van der Waals surface area (Å²) in [6.45, 7) is 0.771. The predicted molar refractivity (Wildman–Crippen MR) is 125 cm³/mol. The number of nitrogens with zero attached hydrogens (tertiary/aromatic N) is 4. The molecule has 0 unspecified atom stereocenters. The third kappa shape index (κ3) is 4.40. The van der Waals surface area contributed by atoms with Crippen LogP contribution >= 0.6 is 11.8 Å². The van der Waals surface area contributed by atoms with Crippen LogP contribution in [-0.4, -0.2) is 33.0 Å². The van der Waals surface area contributed by atoms with Crippen LogP contribution in [0, 0.1) is 0 Å². The first-order valence-corrected chi connectivity index (χ1v) is 12.3. The fourth-order valence-corrected chi connectivity index (χ4v) is 5.71. The lowest BCUT2D eigenvalue weighted by molar-refractivity contribution is -0.116. The summed E-state index contributed by atoms with van der Waals surface area (Å²) >= 11 is 1.54. The first-order chi connectivity index (χ1) is 15.3. The van der Waals surface area contributed by atoms with Crippen molar-refractivity contribution >= 4 is 23.4 Å². The van der Waals surface area contributed by atoms with Crippen molar-refractivity contribution in [2.24, 2.45) is 0 Å². The molecule has 31 heavy (non-hydrogen) atoms. The van der Waals surface area contributed by atoms with Gasteiger partial charge in [0.15, 0.2) is 5.16 Å². The van der Waals surface area contributed by atoms with E-state index in [1.165, 1.54) is 55.0 Å². The molecule has 2 aliphatic rings. The zero-order chi connectivity index (χ0) is 21.0. The fourth-order valence-electron chi connectivity index (χ4n) is 4.81. The van der Waals surface area contributed by atoms with E-state index in [2.05, 4.69) is 45.1 Å². The van der Waals surface area contributed by atoms with Gasteiger partial charge in [-0.2, -0.15) is 0 Å². The Labute approximate surface area is 187 Å². The van der Waals surface area contributed by atoms with E-state index in [0.717, 1.165) is 36.1 Å².